The molecule has 1 heterocycles. The van der Waals surface area contributed by atoms with Crippen LogP contribution in [0.25, 0.3) is 10.8 Å². The molecular weight excluding hydrogens is 394 g/mol. The van der Waals surface area contributed by atoms with Gasteiger partial charge in [-0.2, -0.15) is 0 Å². The molecule has 4 rings (SSSR count). The van der Waals surface area contributed by atoms with Gasteiger partial charge in [-0.1, -0.05) is 18.2 Å². The number of ether oxygens (including phenoxy) is 1. The fourth-order valence-corrected chi connectivity index (χ4v) is 4.55. The smallest absolute Gasteiger partial charge is 0.262 e. The van der Waals surface area contributed by atoms with E-state index < -0.39 is 10.0 Å². The first-order valence-electron chi connectivity index (χ1n) is 8.68. The quantitative estimate of drug-likeness (QED) is 0.577. The second kappa shape index (κ2) is 7.19. The summed E-state index contributed by atoms with van der Waals surface area (Å²) in [4.78, 5) is 23.8. The van der Waals surface area contributed by atoms with Crippen LogP contribution >= 0.6 is 0 Å². The number of carbonyl (C=O) groups is 2. The van der Waals surface area contributed by atoms with Crippen molar-refractivity contribution in [2.45, 2.75) is 4.90 Å². The number of sulfonamides is 1. The van der Waals surface area contributed by atoms with Gasteiger partial charge in [0.25, 0.3) is 15.9 Å². The van der Waals surface area contributed by atoms with E-state index in [9.17, 15) is 18.0 Å². The van der Waals surface area contributed by atoms with Gasteiger partial charge in [0.05, 0.1) is 10.6 Å². The fraction of sp³-hybridized carbons (Fsp3) is 0.100. The molecule has 8 nitrogen and oxygen atoms in total. The second-order valence-electron chi connectivity index (χ2n) is 6.46. The van der Waals surface area contributed by atoms with Crippen LogP contribution in [-0.2, 0) is 19.6 Å². The summed E-state index contributed by atoms with van der Waals surface area (Å²) in [5.41, 5.74) is 1.75. The standard InChI is InChI=1S/C20H17N3O5S/c1-28-11-18(24)21-12-4-2-5-13(10-12)23-29(26,27)17-9-8-16-19-14(17)6-3-7-15(19)20(25)22-16/h2-10,23H,11H2,1H3,(H,21,24)(H,22,25). The number of rotatable bonds is 6. The van der Waals surface area contributed by atoms with E-state index in [4.69, 9.17) is 4.74 Å². The summed E-state index contributed by atoms with van der Waals surface area (Å²) in [7, 11) is -2.54. The molecule has 0 unspecified atom stereocenters. The molecule has 9 heteroatoms. The van der Waals surface area contributed by atoms with Gasteiger partial charge in [0.1, 0.15) is 6.61 Å². The number of hydrogen-bond acceptors (Lipinski definition) is 5. The summed E-state index contributed by atoms with van der Waals surface area (Å²) in [6, 6.07) is 14.4. The first-order chi connectivity index (χ1) is 13.9. The van der Waals surface area contributed by atoms with Crippen molar-refractivity contribution in [1.82, 2.24) is 0 Å². The minimum atomic E-state index is -3.95. The van der Waals surface area contributed by atoms with Crippen LogP contribution in [-0.4, -0.2) is 33.9 Å². The monoisotopic (exact) mass is 411 g/mol. The fourth-order valence-electron chi connectivity index (χ4n) is 3.30. The Kier molecular flexibility index (Phi) is 4.69. The minimum Gasteiger partial charge on any atom is -0.375 e. The van der Waals surface area contributed by atoms with Crippen molar-refractivity contribution < 1.29 is 22.7 Å². The van der Waals surface area contributed by atoms with Crippen molar-refractivity contribution in [3.63, 3.8) is 0 Å². The molecule has 3 N–H and O–H groups in total. The number of carbonyl (C=O) groups excluding carboxylic acids is 2. The molecule has 0 saturated heterocycles. The maximum Gasteiger partial charge on any atom is 0.262 e. The Balaban J connectivity index is 1.68. The minimum absolute atomic E-state index is 0.0587. The van der Waals surface area contributed by atoms with E-state index in [1.165, 1.54) is 19.2 Å². The van der Waals surface area contributed by atoms with Crippen LogP contribution in [0.2, 0.25) is 0 Å². The molecule has 1 aliphatic heterocycles. The summed E-state index contributed by atoms with van der Waals surface area (Å²) in [6.07, 6.45) is 0. The SMILES string of the molecule is COCC(=O)Nc1cccc(NS(=O)(=O)c2ccc3c4c(cccc24)C(=O)N3)c1. The Morgan fingerprint density at radius 3 is 2.62 bits per heavy atom. The van der Waals surface area contributed by atoms with Crippen molar-refractivity contribution in [3.05, 3.63) is 60.2 Å². The van der Waals surface area contributed by atoms with Gasteiger partial charge in [0, 0.05) is 34.8 Å². The molecule has 0 aromatic heterocycles. The van der Waals surface area contributed by atoms with E-state index in [0.717, 1.165) is 0 Å². The maximum atomic E-state index is 13.1. The van der Waals surface area contributed by atoms with Crippen molar-refractivity contribution in [3.8, 4) is 0 Å². The van der Waals surface area contributed by atoms with E-state index >= 15 is 0 Å². The largest absolute Gasteiger partial charge is 0.375 e. The molecule has 29 heavy (non-hydrogen) atoms. The zero-order chi connectivity index (χ0) is 20.6. The van der Waals surface area contributed by atoms with Gasteiger partial charge < -0.3 is 15.4 Å². The molecule has 0 bridgehead atoms. The first kappa shape index (κ1) is 18.9. The zero-order valence-electron chi connectivity index (χ0n) is 15.4. The predicted molar refractivity (Wildman–Crippen MR) is 110 cm³/mol. The molecule has 148 valence electrons. The third-order valence-corrected chi connectivity index (χ3v) is 5.90. The molecule has 1 aliphatic rings. The highest BCUT2D eigenvalue weighted by atomic mass is 32.2. The van der Waals surface area contributed by atoms with Crippen LogP contribution in [0, 0.1) is 0 Å². The molecule has 0 atom stereocenters. The van der Waals surface area contributed by atoms with E-state index in [1.54, 1.807) is 42.5 Å². The maximum absolute atomic E-state index is 13.1. The van der Waals surface area contributed by atoms with Crippen molar-refractivity contribution in [1.29, 1.82) is 0 Å². The summed E-state index contributed by atoms with van der Waals surface area (Å²) in [5.74, 6) is -0.607. The van der Waals surface area contributed by atoms with Gasteiger partial charge in [-0.15, -0.1) is 0 Å². The Morgan fingerprint density at radius 1 is 1.07 bits per heavy atom. The third-order valence-electron chi connectivity index (χ3n) is 4.46. The molecule has 0 aliphatic carbocycles. The van der Waals surface area contributed by atoms with Crippen molar-refractivity contribution in [2.24, 2.45) is 0 Å². The molecular formula is C20H17N3O5S. The topological polar surface area (TPSA) is 114 Å². The van der Waals surface area contributed by atoms with E-state index in [2.05, 4.69) is 15.4 Å². The lowest BCUT2D eigenvalue weighted by molar-refractivity contribution is -0.119. The number of nitrogens with one attached hydrogen (secondary N) is 3. The van der Waals surface area contributed by atoms with Crippen molar-refractivity contribution >= 4 is 49.7 Å². The van der Waals surface area contributed by atoms with Gasteiger partial charge in [-0.05, 0) is 36.4 Å². The highest BCUT2D eigenvalue weighted by molar-refractivity contribution is 7.93. The van der Waals surface area contributed by atoms with E-state index in [0.29, 0.717) is 27.7 Å². The van der Waals surface area contributed by atoms with Gasteiger partial charge >= 0.3 is 0 Å². The van der Waals surface area contributed by atoms with Crippen LogP contribution in [0.1, 0.15) is 10.4 Å². The van der Waals surface area contributed by atoms with Gasteiger partial charge in [0.2, 0.25) is 5.91 Å². The lowest BCUT2D eigenvalue weighted by Crippen LogP contribution is -2.17. The Labute approximate surface area is 166 Å². The van der Waals surface area contributed by atoms with Crippen LogP contribution in [0.3, 0.4) is 0 Å². The Morgan fingerprint density at radius 2 is 1.83 bits per heavy atom. The highest BCUT2D eigenvalue weighted by Gasteiger charge is 2.26. The number of anilines is 3. The zero-order valence-corrected chi connectivity index (χ0v) is 16.2. The van der Waals surface area contributed by atoms with Gasteiger partial charge in [-0.3, -0.25) is 14.3 Å². The average molecular weight is 411 g/mol. The van der Waals surface area contributed by atoms with E-state index in [-0.39, 0.29) is 29.0 Å². The second-order valence-corrected chi connectivity index (χ2v) is 8.11. The number of amides is 2. The summed E-state index contributed by atoms with van der Waals surface area (Å²) < 4.78 is 33.4. The number of hydrogen-bond donors (Lipinski definition) is 3. The normalized spacial score (nSPS) is 12.7. The van der Waals surface area contributed by atoms with Gasteiger partial charge in [0.15, 0.2) is 0 Å². The molecule has 0 fully saturated rings. The van der Waals surface area contributed by atoms with Crippen LogP contribution in [0.4, 0.5) is 17.1 Å². The summed E-state index contributed by atoms with van der Waals surface area (Å²) in [6.45, 7) is -0.108. The number of benzene rings is 3. The molecule has 3 aromatic carbocycles. The van der Waals surface area contributed by atoms with Crippen LogP contribution in [0.5, 0.6) is 0 Å². The molecule has 0 radical (unpaired) electrons. The molecule has 0 spiro atoms. The summed E-state index contributed by atoms with van der Waals surface area (Å²) >= 11 is 0. The van der Waals surface area contributed by atoms with Crippen molar-refractivity contribution in [2.75, 3.05) is 29.1 Å². The molecule has 0 saturated carbocycles. The Bertz CT molecular complexity index is 1250. The number of methoxy groups -OCH3 is 1. The van der Waals surface area contributed by atoms with E-state index in [1.807, 2.05) is 0 Å². The molecule has 2 amide bonds. The first-order valence-corrected chi connectivity index (χ1v) is 10.2. The van der Waals surface area contributed by atoms with Crippen LogP contribution < -0.4 is 15.4 Å². The molecule has 3 aromatic rings. The lowest BCUT2D eigenvalue weighted by Gasteiger charge is -2.12. The highest BCUT2D eigenvalue weighted by Crippen LogP contribution is 2.37. The summed E-state index contributed by atoms with van der Waals surface area (Å²) in [5, 5.41) is 6.39. The Hall–Kier alpha value is -3.43. The third kappa shape index (κ3) is 3.53. The predicted octanol–water partition coefficient (Wildman–Crippen LogP) is 2.79. The van der Waals surface area contributed by atoms with Gasteiger partial charge in [-0.25, -0.2) is 8.42 Å². The average Bonchev–Trinajstić information content (AvgIpc) is 2.99. The lowest BCUT2D eigenvalue weighted by atomic mass is 10.1. The van der Waals surface area contributed by atoms with Crippen LogP contribution in [0.15, 0.2) is 59.5 Å².